The maximum Gasteiger partial charge on any atom is 0.166 e. The Morgan fingerprint density at radius 2 is 0.939 bits per heavy atom. The van der Waals surface area contributed by atoms with Gasteiger partial charge < -0.3 is 0 Å². The van der Waals surface area contributed by atoms with Crippen molar-refractivity contribution in [3.05, 3.63) is 97.1 Å². The fourth-order valence-corrected chi connectivity index (χ4v) is 5.34. The van der Waals surface area contributed by atoms with Crippen molar-refractivity contribution in [3.63, 3.8) is 0 Å². The van der Waals surface area contributed by atoms with Crippen LogP contribution in [-0.4, -0.2) is 19.4 Å². The van der Waals surface area contributed by atoms with Crippen LogP contribution in [-0.2, 0) is 0 Å². The van der Waals surface area contributed by atoms with E-state index in [9.17, 15) is 0 Å². The van der Waals surface area contributed by atoms with Crippen molar-refractivity contribution in [3.8, 4) is 0 Å². The molecule has 0 aliphatic rings. The number of nitrogens with zero attached hydrogens (tertiary/aromatic N) is 4. The van der Waals surface area contributed by atoms with Crippen molar-refractivity contribution in [2.45, 2.75) is 0 Å². The summed E-state index contributed by atoms with van der Waals surface area (Å²) in [6.45, 7) is 0. The Morgan fingerprint density at radius 3 is 1.67 bits per heavy atom. The smallest absolute Gasteiger partial charge is 0.166 e. The van der Waals surface area contributed by atoms with Crippen LogP contribution >= 0.6 is 0 Å². The molecule has 33 heavy (non-hydrogen) atoms. The van der Waals surface area contributed by atoms with Crippen LogP contribution in [0.4, 0.5) is 0 Å². The number of aromatic nitrogens is 4. The van der Waals surface area contributed by atoms with Crippen LogP contribution in [0.2, 0.25) is 0 Å². The first-order valence-electron chi connectivity index (χ1n) is 11.1. The number of hydrogen-bond acceptors (Lipinski definition) is 3. The van der Waals surface area contributed by atoms with E-state index in [2.05, 4.69) is 71.1 Å². The maximum atomic E-state index is 5.19. The topological polar surface area (TPSA) is 43.1 Å². The Bertz CT molecular complexity index is 2090. The molecule has 8 aromatic rings. The maximum absolute atomic E-state index is 5.19. The molecule has 8 rings (SSSR count). The van der Waals surface area contributed by atoms with Crippen LogP contribution in [0.25, 0.3) is 71.2 Å². The molecule has 5 aromatic carbocycles. The normalized spacial score (nSPS) is 12.2. The predicted octanol–water partition coefficient (Wildman–Crippen LogP) is 7.04. The molecule has 0 saturated carbocycles. The molecule has 0 saturated heterocycles. The third-order valence-electron chi connectivity index (χ3n) is 6.72. The van der Waals surface area contributed by atoms with Crippen LogP contribution in [0.3, 0.4) is 0 Å². The van der Waals surface area contributed by atoms with Gasteiger partial charge in [0.05, 0.1) is 22.1 Å². The zero-order valence-corrected chi connectivity index (χ0v) is 17.5. The number of rotatable bonds is 0. The van der Waals surface area contributed by atoms with Gasteiger partial charge >= 0.3 is 0 Å². The molecule has 0 bridgehead atoms. The quantitative estimate of drug-likeness (QED) is 0.195. The molecule has 152 valence electrons. The molecule has 4 heteroatoms. The Morgan fingerprint density at radius 1 is 0.424 bits per heavy atom. The third kappa shape index (κ3) is 2.12. The standard InChI is InChI=1S/C29H16N4/c1-3-11-19-17(9-1)18-10-2-4-12-20(18)26-25(19)27-29(31-22-14-6-5-13-21(22)30-27)33-24-16-8-7-15-23(24)32-28(26)33/h1-16H. The highest BCUT2D eigenvalue weighted by molar-refractivity contribution is 6.34. The summed E-state index contributed by atoms with van der Waals surface area (Å²) in [6, 6.07) is 33.6. The van der Waals surface area contributed by atoms with Gasteiger partial charge in [-0.05, 0) is 45.8 Å². The second-order valence-electron chi connectivity index (χ2n) is 8.49. The first-order valence-corrected chi connectivity index (χ1v) is 11.1. The number of benzene rings is 5. The average molecular weight is 420 g/mol. The second-order valence-corrected chi connectivity index (χ2v) is 8.49. The molecule has 4 nitrogen and oxygen atoms in total. The van der Waals surface area contributed by atoms with Gasteiger partial charge in [-0.3, -0.25) is 4.40 Å². The number of para-hydroxylation sites is 4. The molecule has 0 radical (unpaired) electrons. The molecule has 0 atom stereocenters. The van der Waals surface area contributed by atoms with Crippen LogP contribution in [0.1, 0.15) is 0 Å². The summed E-state index contributed by atoms with van der Waals surface area (Å²) in [4.78, 5) is 15.4. The third-order valence-corrected chi connectivity index (χ3v) is 6.72. The average Bonchev–Trinajstić information content (AvgIpc) is 3.27. The highest BCUT2D eigenvalue weighted by atomic mass is 15.1. The van der Waals surface area contributed by atoms with E-state index in [0.717, 1.165) is 49.7 Å². The second kappa shape index (κ2) is 6.02. The predicted molar refractivity (Wildman–Crippen MR) is 136 cm³/mol. The van der Waals surface area contributed by atoms with Crippen LogP contribution in [0, 0.1) is 0 Å². The van der Waals surface area contributed by atoms with Gasteiger partial charge in [0.2, 0.25) is 0 Å². The van der Waals surface area contributed by atoms with Crippen molar-refractivity contribution >= 4 is 71.2 Å². The summed E-state index contributed by atoms with van der Waals surface area (Å²) in [5.41, 5.74) is 6.44. The van der Waals surface area contributed by atoms with Crippen LogP contribution < -0.4 is 0 Å². The molecule has 0 aliphatic carbocycles. The van der Waals surface area contributed by atoms with E-state index < -0.39 is 0 Å². The van der Waals surface area contributed by atoms with Crippen molar-refractivity contribution in [2.24, 2.45) is 0 Å². The molecule has 0 unspecified atom stereocenters. The Kier molecular flexibility index (Phi) is 3.11. The van der Waals surface area contributed by atoms with E-state index in [1.54, 1.807) is 0 Å². The molecular formula is C29H16N4. The number of pyridine rings is 1. The Hall–Kier alpha value is -4.57. The van der Waals surface area contributed by atoms with E-state index in [4.69, 9.17) is 15.0 Å². The fraction of sp³-hybridized carbons (Fsp3) is 0. The van der Waals surface area contributed by atoms with E-state index in [0.29, 0.717) is 0 Å². The molecule has 0 fully saturated rings. The SMILES string of the molecule is c1ccc2nc3c(nc2c1)c1c2ccccc2c2ccccc2c1c1nc2ccccc2n31. The minimum Gasteiger partial charge on any atom is -0.274 e. The van der Waals surface area contributed by atoms with Crippen molar-refractivity contribution < 1.29 is 0 Å². The molecule has 3 heterocycles. The van der Waals surface area contributed by atoms with Crippen molar-refractivity contribution in [2.75, 3.05) is 0 Å². The van der Waals surface area contributed by atoms with Gasteiger partial charge in [-0.15, -0.1) is 0 Å². The molecule has 0 aliphatic heterocycles. The van der Waals surface area contributed by atoms with Gasteiger partial charge in [-0.25, -0.2) is 15.0 Å². The largest absolute Gasteiger partial charge is 0.274 e. The van der Waals surface area contributed by atoms with Gasteiger partial charge in [0.1, 0.15) is 11.2 Å². The zero-order valence-electron chi connectivity index (χ0n) is 17.5. The summed E-state index contributed by atoms with van der Waals surface area (Å²) in [6.07, 6.45) is 0. The minimum atomic E-state index is 0.838. The minimum absolute atomic E-state index is 0.838. The van der Waals surface area contributed by atoms with E-state index >= 15 is 0 Å². The lowest BCUT2D eigenvalue weighted by Crippen LogP contribution is -1.98. The first kappa shape index (κ1) is 17.0. The summed E-state index contributed by atoms with van der Waals surface area (Å²) >= 11 is 0. The molecular weight excluding hydrogens is 404 g/mol. The van der Waals surface area contributed by atoms with E-state index in [-0.39, 0.29) is 0 Å². The summed E-state index contributed by atoms with van der Waals surface area (Å²) in [5, 5.41) is 7.04. The van der Waals surface area contributed by atoms with Crippen LogP contribution in [0.15, 0.2) is 97.1 Å². The number of hydrogen-bond donors (Lipinski definition) is 0. The molecule has 0 spiro atoms. The van der Waals surface area contributed by atoms with Crippen molar-refractivity contribution in [1.29, 1.82) is 0 Å². The lowest BCUT2D eigenvalue weighted by molar-refractivity contribution is 1.24. The molecule has 0 amide bonds. The highest BCUT2D eigenvalue weighted by Gasteiger charge is 2.20. The van der Waals surface area contributed by atoms with Gasteiger partial charge in [-0.2, -0.15) is 0 Å². The zero-order chi connectivity index (χ0) is 21.5. The Balaban J connectivity index is 1.84. The Labute approximate surface area is 187 Å². The van der Waals surface area contributed by atoms with Crippen LogP contribution in [0.5, 0.6) is 0 Å². The van der Waals surface area contributed by atoms with Gasteiger partial charge in [0.25, 0.3) is 0 Å². The summed E-state index contributed by atoms with van der Waals surface area (Å²) in [5.74, 6) is 0. The highest BCUT2D eigenvalue weighted by Crippen LogP contribution is 2.41. The molecule has 0 N–H and O–H groups in total. The monoisotopic (exact) mass is 420 g/mol. The van der Waals surface area contributed by atoms with Gasteiger partial charge in [0, 0.05) is 10.8 Å². The van der Waals surface area contributed by atoms with E-state index in [1.165, 1.54) is 21.5 Å². The van der Waals surface area contributed by atoms with E-state index in [1.807, 2.05) is 30.3 Å². The number of imidazole rings is 1. The molecule has 3 aromatic heterocycles. The fourth-order valence-electron chi connectivity index (χ4n) is 5.34. The van der Waals surface area contributed by atoms with Gasteiger partial charge in [-0.1, -0.05) is 72.8 Å². The summed E-state index contributed by atoms with van der Waals surface area (Å²) < 4.78 is 2.19. The van der Waals surface area contributed by atoms with Gasteiger partial charge in [0.15, 0.2) is 5.65 Å². The summed E-state index contributed by atoms with van der Waals surface area (Å²) in [7, 11) is 0. The number of fused-ring (bicyclic) bond motifs is 14. The van der Waals surface area contributed by atoms with Crippen molar-refractivity contribution in [1.82, 2.24) is 19.4 Å². The first-order chi connectivity index (χ1) is 16.4. The lowest BCUT2D eigenvalue weighted by atomic mass is 9.94. The lowest BCUT2D eigenvalue weighted by Gasteiger charge is -2.14.